The van der Waals surface area contributed by atoms with Gasteiger partial charge in [-0.25, -0.2) is 4.99 Å². The smallest absolute Gasteiger partial charge is 0.270 e. The van der Waals surface area contributed by atoms with Gasteiger partial charge in [-0.3, -0.25) is 14.9 Å². The Balaban J connectivity index is 1.36. The van der Waals surface area contributed by atoms with Crippen LogP contribution in [0.2, 0.25) is 0 Å². The zero-order valence-electron chi connectivity index (χ0n) is 20.3. The zero-order valence-corrected chi connectivity index (χ0v) is 24.9. The summed E-state index contributed by atoms with van der Waals surface area (Å²) in [6.07, 6.45) is 1.76. The van der Waals surface area contributed by atoms with Gasteiger partial charge in [0.2, 0.25) is 0 Å². The Morgan fingerprint density at radius 2 is 1.92 bits per heavy atom. The maximum absolute atomic E-state index is 12.6. The first-order valence-electron chi connectivity index (χ1n) is 11.5. The zero-order chi connectivity index (χ0) is 27.5. The average molecular weight is 716 g/mol. The van der Waals surface area contributed by atoms with E-state index in [1.807, 2.05) is 36.4 Å². The molecule has 1 saturated heterocycles. The van der Waals surface area contributed by atoms with Crippen LogP contribution in [0.3, 0.4) is 0 Å². The van der Waals surface area contributed by atoms with Gasteiger partial charge in [-0.2, -0.15) is 0 Å². The molecule has 1 aliphatic rings. The Hall–Kier alpha value is -3.42. The number of nitro benzene ring substituents is 1. The predicted octanol–water partition coefficient (Wildman–Crippen LogP) is 7.59. The number of fused-ring (bicyclic) bond motifs is 1. The molecule has 0 spiro atoms. The van der Waals surface area contributed by atoms with E-state index in [9.17, 15) is 14.9 Å². The van der Waals surface area contributed by atoms with Crippen LogP contribution in [0.15, 0.2) is 87.2 Å². The molecule has 0 unspecified atom stereocenters. The number of hydrogen-bond donors (Lipinski definition) is 1. The number of aliphatic imine (C=N–C) groups is 1. The number of nitrogens with one attached hydrogen (secondary N) is 1. The largest absolute Gasteiger partial charge is 0.493 e. The topological polar surface area (TPSA) is 103 Å². The Morgan fingerprint density at radius 3 is 2.69 bits per heavy atom. The van der Waals surface area contributed by atoms with E-state index in [0.29, 0.717) is 38.3 Å². The van der Waals surface area contributed by atoms with Gasteiger partial charge < -0.3 is 14.8 Å². The van der Waals surface area contributed by atoms with Gasteiger partial charge >= 0.3 is 0 Å². The number of carbonyl (C=O) groups is 1. The maximum atomic E-state index is 12.6. The fraction of sp³-hybridized carbons (Fsp3) is 0.0714. The molecular formula is C28H19BrIN3O5S. The summed E-state index contributed by atoms with van der Waals surface area (Å²) in [6.45, 7) is 0.379. The number of benzene rings is 4. The minimum Gasteiger partial charge on any atom is -0.493 e. The molecule has 0 atom stereocenters. The van der Waals surface area contributed by atoms with Gasteiger partial charge in [-0.1, -0.05) is 42.5 Å². The number of nitrogens with zero attached hydrogens (tertiary/aromatic N) is 2. The predicted molar refractivity (Wildman–Crippen MR) is 166 cm³/mol. The number of ether oxygens (including phenoxy) is 2. The molecule has 4 aromatic rings. The van der Waals surface area contributed by atoms with Crippen LogP contribution in [0.4, 0.5) is 11.4 Å². The second-order valence-corrected chi connectivity index (χ2v) is 11.4. The summed E-state index contributed by atoms with van der Waals surface area (Å²) in [4.78, 5) is 28.0. The normalized spacial score (nSPS) is 15.1. The Bertz CT molecular complexity index is 1690. The molecule has 5 rings (SSSR count). The summed E-state index contributed by atoms with van der Waals surface area (Å²) in [5, 5.41) is 16.4. The number of halogens is 2. The first-order valence-corrected chi connectivity index (χ1v) is 14.2. The maximum Gasteiger partial charge on any atom is 0.270 e. The minimum atomic E-state index is -0.482. The molecule has 11 heteroatoms. The van der Waals surface area contributed by atoms with E-state index in [1.54, 1.807) is 13.2 Å². The van der Waals surface area contributed by atoms with Crippen LogP contribution in [0.5, 0.6) is 11.5 Å². The van der Waals surface area contributed by atoms with E-state index in [4.69, 9.17) is 9.47 Å². The Morgan fingerprint density at radius 1 is 1.13 bits per heavy atom. The number of non-ortho nitro benzene ring substituents is 1. The van der Waals surface area contributed by atoms with Gasteiger partial charge in [0.25, 0.3) is 11.6 Å². The van der Waals surface area contributed by atoms with Crippen molar-refractivity contribution >= 4 is 89.6 Å². The van der Waals surface area contributed by atoms with Gasteiger partial charge in [0.15, 0.2) is 16.7 Å². The van der Waals surface area contributed by atoms with Crippen molar-refractivity contribution < 1.29 is 19.2 Å². The van der Waals surface area contributed by atoms with Crippen molar-refractivity contribution in [2.45, 2.75) is 6.61 Å². The van der Waals surface area contributed by atoms with Gasteiger partial charge in [0, 0.05) is 12.1 Å². The standard InChI is InChI=1S/C28H19BrIN3O5S/c1-37-24-12-16(11-22(30)26(24)38-15-18-7-4-6-17-5-2-3-8-20(17)18)13-25-27(34)32-28(39-25)31-23-10-9-19(33(35)36)14-21(23)29/h2-14H,15H2,1H3,(H,31,32,34)/b25-13+. The van der Waals surface area contributed by atoms with Crippen molar-refractivity contribution in [2.24, 2.45) is 4.99 Å². The van der Waals surface area contributed by atoms with E-state index in [-0.39, 0.29) is 11.6 Å². The molecule has 1 heterocycles. The van der Waals surface area contributed by atoms with E-state index < -0.39 is 4.92 Å². The van der Waals surface area contributed by atoms with Crippen LogP contribution in [-0.4, -0.2) is 23.1 Å². The fourth-order valence-electron chi connectivity index (χ4n) is 3.97. The number of methoxy groups -OCH3 is 1. The highest BCUT2D eigenvalue weighted by molar-refractivity contribution is 14.1. The van der Waals surface area contributed by atoms with Crippen LogP contribution in [-0.2, 0) is 11.4 Å². The lowest BCUT2D eigenvalue weighted by molar-refractivity contribution is -0.384. The van der Waals surface area contributed by atoms with Crippen LogP contribution in [0.1, 0.15) is 11.1 Å². The molecule has 0 bridgehead atoms. The van der Waals surface area contributed by atoms with E-state index in [1.165, 1.54) is 30.0 Å². The van der Waals surface area contributed by atoms with Crippen molar-refractivity contribution in [1.29, 1.82) is 0 Å². The van der Waals surface area contributed by atoms with Crippen molar-refractivity contribution in [3.05, 3.63) is 107 Å². The number of carbonyl (C=O) groups excluding carboxylic acids is 1. The molecule has 8 nitrogen and oxygen atoms in total. The van der Waals surface area contributed by atoms with Crippen molar-refractivity contribution in [3.63, 3.8) is 0 Å². The van der Waals surface area contributed by atoms with E-state index in [0.717, 1.165) is 25.5 Å². The lowest BCUT2D eigenvalue weighted by Crippen LogP contribution is -2.19. The number of amidine groups is 1. The van der Waals surface area contributed by atoms with E-state index >= 15 is 0 Å². The van der Waals surface area contributed by atoms with Crippen LogP contribution in [0.25, 0.3) is 16.8 Å². The highest BCUT2D eigenvalue weighted by atomic mass is 127. The van der Waals surface area contributed by atoms with Crippen molar-refractivity contribution in [3.8, 4) is 11.5 Å². The lowest BCUT2D eigenvalue weighted by atomic mass is 10.1. The average Bonchev–Trinajstić information content (AvgIpc) is 3.26. The van der Waals surface area contributed by atoms with Gasteiger partial charge in [0.1, 0.15) is 6.61 Å². The Kier molecular flexibility index (Phi) is 8.19. The summed E-state index contributed by atoms with van der Waals surface area (Å²) in [5.74, 6) is 0.894. The first-order chi connectivity index (χ1) is 18.8. The lowest BCUT2D eigenvalue weighted by Gasteiger charge is -2.15. The molecule has 0 radical (unpaired) electrons. The molecule has 1 aliphatic heterocycles. The monoisotopic (exact) mass is 715 g/mol. The van der Waals surface area contributed by atoms with Crippen LogP contribution < -0.4 is 14.8 Å². The van der Waals surface area contributed by atoms with E-state index in [2.05, 4.69) is 67.0 Å². The summed E-state index contributed by atoms with van der Waals surface area (Å²) in [6, 6.07) is 22.3. The minimum absolute atomic E-state index is 0.0531. The summed E-state index contributed by atoms with van der Waals surface area (Å²) >= 11 is 6.68. The van der Waals surface area contributed by atoms with Crippen LogP contribution >= 0.6 is 50.3 Å². The third-order valence-corrected chi connectivity index (χ3v) is 8.16. The SMILES string of the molecule is COc1cc(/C=C2/SC(=Nc3ccc([N+](=O)[O-])cc3Br)NC2=O)cc(I)c1OCc1cccc2ccccc12. The molecule has 196 valence electrons. The molecule has 1 N–H and O–H groups in total. The van der Waals surface area contributed by atoms with Crippen molar-refractivity contribution in [1.82, 2.24) is 5.32 Å². The molecule has 39 heavy (non-hydrogen) atoms. The number of hydrogen-bond acceptors (Lipinski definition) is 7. The van der Waals surface area contributed by atoms with Gasteiger partial charge in [-0.05, 0) is 96.5 Å². The molecule has 0 aliphatic carbocycles. The summed E-state index contributed by atoms with van der Waals surface area (Å²) < 4.78 is 13.1. The molecular weight excluding hydrogens is 697 g/mol. The molecule has 4 aromatic carbocycles. The Labute approximate surface area is 249 Å². The number of amides is 1. The fourth-order valence-corrected chi connectivity index (χ4v) is 6.04. The highest BCUT2D eigenvalue weighted by Crippen LogP contribution is 2.37. The number of rotatable bonds is 7. The molecule has 1 fully saturated rings. The molecule has 0 saturated carbocycles. The third kappa shape index (κ3) is 6.10. The molecule has 0 aromatic heterocycles. The second kappa shape index (κ2) is 11.8. The molecule has 1 amide bonds. The second-order valence-electron chi connectivity index (χ2n) is 8.34. The quantitative estimate of drug-likeness (QED) is 0.0916. The summed E-state index contributed by atoms with van der Waals surface area (Å²) in [5.41, 5.74) is 2.25. The number of nitro groups is 1. The highest BCUT2D eigenvalue weighted by Gasteiger charge is 2.25. The first kappa shape index (κ1) is 27.2. The van der Waals surface area contributed by atoms with Gasteiger partial charge in [0.05, 0.1) is 30.7 Å². The third-order valence-electron chi connectivity index (χ3n) is 5.82. The van der Waals surface area contributed by atoms with Gasteiger partial charge in [-0.15, -0.1) is 0 Å². The number of thioether (sulfide) groups is 1. The van der Waals surface area contributed by atoms with Crippen molar-refractivity contribution in [2.75, 3.05) is 7.11 Å². The summed E-state index contributed by atoms with van der Waals surface area (Å²) in [7, 11) is 1.58. The van der Waals surface area contributed by atoms with Crippen LogP contribution in [0, 0.1) is 13.7 Å².